The number of benzene rings is 2. The molecule has 0 aliphatic carbocycles. The van der Waals surface area contributed by atoms with E-state index in [-0.39, 0.29) is 18.3 Å². The molecule has 2 aromatic rings. The van der Waals surface area contributed by atoms with Crippen molar-refractivity contribution >= 4 is 36.2 Å². The Bertz CT molecular complexity index is 914. The van der Waals surface area contributed by atoms with Gasteiger partial charge >= 0.3 is 12.8 Å². The summed E-state index contributed by atoms with van der Waals surface area (Å²) in [6, 6.07) is 13.6. The van der Waals surface area contributed by atoms with Crippen molar-refractivity contribution in [3.63, 3.8) is 0 Å². The highest BCUT2D eigenvalue weighted by atomic mass is 35.7. The smallest absolute Gasteiger partial charge is 0.409 e. The van der Waals surface area contributed by atoms with Gasteiger partial charge < -0.3 is 9.26 Å². The van der Waals surface area contributed by atoms with E-state index in [0.29, 0.717) is 5.56 Å². The number of esters is 1. The Labute approximate surface area is 176 Å². The molecule has 1 N–H and O–H groups in total. The van der Waals surface area contributed by atoms with Crippen LogP contribution in [0, 0.1) is 5.92 Å². The van der Waals surface area contributed by atoms with Crippen molar-refractivity contribution in [2.24, 2.45) is 5.92 Å². The highest BCUT2D eigenvalue weighted by molar-refractivity contribution is 7.84. The molecule has 2 aromatic carbocycles. The fourth-order valence-electron chi connectivity index (χ4n) is 2.65. The summed E-state index contributed by atoms with van der Waals surface area (Å²) in [6.07, 6.45) is 3.20. The Kier molecular flexibility index (Phi) is 8.27. The average Bonchev–Trinajstić information content (AvgIpc) is 2.70. The molecule has 0 bridgehead atoms. The Morgan fingerprint density at radius 3 is 2.41 bits per heavy atom. The first kappa shape index (κ1) is 23.0. The van der Waals surface area contributed by atoms with Gasteiger partial charge in [0.1, 0.15) is 18.4 Å². The Balaban J connectivity index is 2.12. The number of nitrogens with one attached hydrogen (secondary N) is 1. The third-order valence-corrected chi connectivity index (χ3v) is 5.70. The summed E-state index contributed by atoms with van der Waals surface area (Å²) in [6.45, 7) is 7.28. The largest absolute Gasteiger partial charge is 0.460 e. The van der Waals surface area contributed by atoms with Crippen LogP contribution in [0.4, 0.5) is 0 Å². The van der Waals surface area contributed by atoms with Gasteiger partial charge in [0.25, 0.3) is 0 Å². The molecule has 0 fully saturated rings. The van der Waals surface area contributed by atoms with Crippen molar-refractivity contribution in [2.45, 2.75) is 26.5 Å². The van der Waals surface area contributed by atoms with Gasteiger partial charge in [-0.15, -0.1) is 0 Å². The second-order valence-corrected chi connectivity index (χ2v) is 9.42. The van der Waals surface area contributed by atoms with Crippen molar-refractivity contribution in [1.82, 2.24) is 5.09 Å². The van der Waals surface area contributed by atoms with Gasteiger partial charge in [-0.05, 0) is 23.1 Å². The molecule has 0 aromatic heterocycles. The fraction of sp³-hybridized carbons (Fsp3) is 0.227. The molecule has 0 heterocycles. The summed E-state index contributed by atoms with van der Waals surface area (Å²) >= 11 is 6.15. The van der Waals surface area contributed by atoms with E-state index < -0.39 is 18.9 Å². The second kappa shape index (κ2) is 10.4. The van der Waals surface area contributed by atoms with Crippen molar-refractivity contribution in [1.29, 1.82) is 0 Å². The minimum atomic E-state index is -3.91. The van der Waals surface area contributed by atoms with Crippen molar-refractivity contribution < 1.29 is 18.6 Å². The van der Waals surface area contributed by atoms with E-state index in [4.69, 9.17) is 20.5 Å². The molecular formula is C22H25ClNO4P. The lowest BCUT2D eigenvalue weighted by Crippen LogP contribution is -2.40. The van der Waals surface area contributed by atoms with Crippen LogP contribution in [0.15, 0.2) is 61.7 Å². The summed E-state index contributed by atoms with van der Waals surface area (Å²) in [7, 11) is 0. The first-order chi connectivity index (χ1) is 13.8. The van der Waals surface area contributed by atoms with E-state index in [1.165, 1.54) is 0 Å². The summed E-state index contributed by atoms with van der Waals surface area (Å²) in [5.74, 6) is -0.507. The zero-order chi connectivity index (χ0) is 21.4. The molecule has 2 unspecified atom stereocenters. The van der Waals surface area contributed by atoms with E-state index in [1.807, 2.05) is 36.4 Å². The van der Waals surface area contributed by atoms with Gasteiger partial charge in [-0.1, -0.05) is 81.6 Å². The third-order valence-electron chi connectivity index (χ3n) is 4.18. The summed E-state index contributed by atoms with van der Waals surface area (Å²) in [5, 5.41) is 2.63. The SMILES string of the molecule is C=Cc1cccc(OP(=O)(Cl)NC(C(=O)OCc2ccccc2)C(C)C)c1C=C. The van der Waals surface area contributed by atoms with Crippen LogP contribution >= 0.6 is 18.1 Å². The highest BCUT2D eigenvalue weighted by Crippen LogP contribution is 2.50. The number of rotatable bonds is 10. The number of ether oxygens (including phenoxy) is 1. The van der Waals surface area contributed by atoms with Crippen LogP contribution in [0.25, 0.3) is 12.2 Å². The first-order valence-corrected chi connectivity index (χ1v) is 11.7. The van der Waals surface area contributed by atoms with Crippen LogP contribution in [0.1, 0.15) is 30.5 Å². The van der Waals surface area contributed by atoms with Crippen LogP contribution in [0.3, 0.4) is 0 Å². The van der Waals surface area contributed by atoms with Crippen LogP contribution < -0.4 is 9.61 Å². The summed E-state index contributed by atoms with van der Waals surface area (Å²) in [4.78, 5) is 12.6. The monoisotopic (exact) mass is 433 g/mol. The molecular weight excluding hydrogens is 409 g/mol. The lowest BCUT2D eigenvalue weighted by molar-refractivity contribution is -0.148. The maximum absolute atomic E-state index is 12.9. The van der Waals surface area contributed by atoms with Crippen molar-refractivity contribution in [2.75, 3.05) is 0 Å². The molecule has 0 aliphatic heterocycles. The van der Waals surface area contributed by atoms with Crippen LogP contribution in [0.2, 0.25) is 0 Å². The Morgan fingerprint density at radius 1 is 1.14 bits per heavy atom. The van der Waals surface area contributed by atoms with Crippen molar-refractivity contribution in [3.8, 4) is 5.75 Å². The van der Waals surface area contributed by atoms with E-state index in [0.717, 1.165) is 11.1 Å². The molecule has 0 saturated heterocycles. The van der Waals surface area contributed by atoms with Gasteiger partial charge in [0, 0.05) is 16.8 Å². The number of hydrogen-bond acceptors (Lipinski definition) is 4. The fourth-order valence-corrected chi connectivity index (χ4v) is 4.39. The Morgan fingerprint density at radius 2 is 1.83 bits per heavy atom. The molecule has 2 atom stereocenters. The zero-order valence-corrected chi connectivity index (χ0v) is 18.2. The van der Waals surface area contributed by atoms with E-state index in [1.54, 1.807) is 38.1 Å². The van der Waals surface area contributed by atoms with Crippen LogP contribution in [-0.4, -0.2) is 12.0 Å². The van der Waals surface area contributed by atoms with Gasteiger partial charge in [-0.25, -0.2) is 9.65 Å². The van der Waals surface area contributed by atoms with E-state index in [2.05, 4.69) is 18.2 Å². The molecule has 0 radical (unpaired) electrons. The van der Waals surface area contributed by atoms with Gasteiger partial charge in [-0.3, -0.25) is 4.79 Å². The van der Waals surface area contributed by atoms with Gasteiger partial charge in [0.2, 0.25) is 0 Å². The second-order valence-electron chi connectivity index (χ2n) is 6.68. The molecule has 7 heteroatoms. The quantitative estimate of drug-likeness (QED) is 0.364. The molecule has 5 nitrogen and oxygen atoms in total. The Hall–Kier alpha value is -2.33. The highest BCUT2D eigenvalue weighted by Gasteiger charge is 2.33. The molecule has 0 spiro atoms. The van der Waals surface area contributed by atoms with Gasteiger partial charge in [-0.2, -0.15) is 0 Å². The lowest BCUT2D eigenvalue weighted by Gasteiger charge is -2.24. The predicted molar refractivity (Wildman–Crippen MR) is 119 cm³/mol. The summed E-state index contributed by atoms with van der Waals surface area (Å²) < 4.78 is 23.8. The van der Waals surface area contributed by atoms with E-state index >= 15 is 0 Å². The standard InChI is InChI=1S/C22H25ClNO4P/c1-5-18-13-10-14-20(19(18)6-2)28-29(23,26)24-21(16(3)4)22(25)27-15-17-11-8-7-9-12-17/h5-14,16,21H,1-2,15H2,3-4H3,(H,24,26). The lowest BCUT2D eigenvalue weighted by atomic mass is 10.1. The summed E-state index contributed by atoms with van der Waals surface area (Å²) in [5.41, 5.74) is 2.22. The number of hydrogen-bond donors (Lipinski definition) is 1. The molecule has 154 valence electrons. The van der Waals surface area contributed by atoms with Gasteiger partial charge in [0.05, 0.1) is 0 Å². The van der Waals surface area contributed by atoms with Gasteiger partial charge in [0.15, 0.2) is 0 Å². The minimum absolute atomic E-state index is 0.111. The number of carbonyl (C=O) groups excluding carboxylic acids is 1. The van der Waals surface area contributed by atoms with E-state index in [9.17, 15) is 9.36 Å². The normalized spacial score (nSPS) is 13.9. The molecule has 0 aliphatic rings. The number of carbonyl (C=O) groups is 1. The topological polar surface area (TPSA) is 64.6 Å². The molecule has 2 rings (SSSR count). The van der Waals surface area contributed by atoms with Crippen LogP contribution in [-0.2, 0) is 20.7 Å². The van der Waals surface area contributed by atoms with Crippen molar-refractivity contribution in [3.05, 3.63) is 78.4 Å². The first-order valence-electron chi connectivity index (χ1n) is 9.13. The minimum Gasteiger partial charge on any atom is -0.460 e. The molecule has 0 saturated carbocycles. The predicted octanol–water partition coefficient (Wildman–Crippen LogP) is 6.06. The maximum atomic E-state index is 12.9. The van der Waals surface area contributed by atoms with Crippen LogP contribution in [0.5, 0.6) is 5.75 Å². The zero-order valence-electron chi connectivity index (χ0n) is 16.5. The maximum Gasteiger partial charge on any atom is 0.409 e. The number of halogens is 1. The molecule has 29 heavy (non-hydrogen) atoms. The molecule has 0 amide bonds. The average molecular weight is 434 g/mol. The third kappa shape index (κ3) is 6.60.